The maximum Gasteiger partial charge on any atom is 0.232 e. The van der Waals surface area contributed by atoms with E-state index < -0.39 is 0 Å². The van der Waals surface area contributed by atoms with Crippen LogP contribution in [0.15, 0.2) is 53.2 Å². The van der Waals surface area contributed by atoms with Gasteiger partial charge in [0.25, 0.3) is 0 Å². The number of pyridine rings is 1. The van der Waals surface area contributed by atoms with E-state index in [1.54, 1.807) is 17.2 Å². The first-order chi connectivity index (χ1) is 11.7. The van der Waals surface area contributed by atoms with E-state index in [9.17, 15) is 4.79 Å². The Bertz CT molecular complexity index is 881. The Kier molecular flexibility index (Phi) is 3.74. The number of rotatable bonds is 3. The first kappa shape index (κ1) is 14.8. The minimum absolute atomic E-state index is 0.00862. The van der Waals surface area contributed by atoms with Crippen LogP contribution in [0.2, 0.25) is 5.02 Å². The lowest BCUT2D eigenvalue weighted by Gasteiger charge is -2.17. The first-order valence-electron chi connectivity index (χ1n) is 7.52. The molecule has 0 saturated carbocycles. The number of halogens is 1. The molecule has 4 rings (SSSR count). The van der Waals surface area contributed by atoms with Crippen LogP contribution >= 0.6 is 11.6 Å². The third kappa shape index (κ3) is 2.65. The number of hydrogen-bond donors (Lipinski definition) is 0. The number of carbonyl (C=O) groups excluding carboxylic acids is 1. The van der Waals surface area contributed by atoms with Crippen LogP contribution in [0.25, 0.3) is 11.5 Å². The van der Waals surface area contributed by atoms with Gasteiger partial charge in [-0.3, -0.25) is 9.78 Å². The summed E-state index contributed by atoms with van der Waals surface area (Å²) in [4.78, 5) is 22.6. The highest BCUT2D eigenvalue weighted by atomic mass is 35.5. The molecule has 120 valence electrons. The monoisotopic (exact) mass is 340 g/mol. The van der Waals surface area contributed by atoms with E-state index >= 15 is 0 Å². The molecule has 3 heterocycles. The van der Waals surface area contributed by atoms with Gasteiger partial charge in [-0.25, -0.2) is 0 Å². The van der Waals surface area contributed by atoms with Gasteiger partial charge in [0.15, 0.2) is 0 Å². The smallest absolute Gasteiger partial charge is 0.232 e. The Hall–Kier alpha value is -2.73. The van der Waals surface area contributed by atoms with Crippen molar-refractivity contribution in [3.63, 3.8) is 0 Å². The summed E-state index contributed by atoms with van der Waals surface area (Å²) in [6, 6.07) is 12.8. The number of hydrogen-bond acceptors (Lipinski definition) is 5. The van der Waals surface area contributed by atoms with Crippen LogP contribution in [-0.4, -0.2) is 27.6 Å². The summed E-state index contributed by atoms with van der Waals surface area (Å²) in [6.07, 6.45) is 1.98. The highest BCUT2D eigenvalue weighted by molar-refractivity contribution is 6.33. The van der Waals surface area contributed by atoms with Gasteiger partial charge in [0.2, 0.25) is 17.6 Å². The number of benzene rings is 1. The molecular weight excluding hydrogens is 328 g/mol. The van der Waals surface area contributed by atoms with E-state index in [4.69, 9.17) is 16.1 Å². The van der Waals surface area contributed by atoms with Crippen LogP contribution in [0.3, 0.4) is 0 Å². The third-order valence-electron chi connectivity index (χ3n) is 3.95. The van der Waals surface area contributed by atoms with Crippen LogP contribution < -0.4 is 4.90 Å². The summed E-state index contributed by atoms with van der Waals surface area (Å²) in [5, 5.41) is 4.51. The second-order valence-electron chi connectivity index (χ2n) is 5.53. The van der Waals surface area contributed by atoms with E-state index in [0.29, 0.717) is 41.1 Å². The molecular formula is C17H13ClN4O2. The SMILES string of the molecule is O=C1CC(c2nc(-c3ccccn3)no2)CN1c1ccccc1Cl. The average molecular weight is 341 g/mol. The molecule has 0 N–H and O–H groups in total. The van der Waals surface area contributed by atoms with Gasteiger partial charge in [0, 0.05) is 19.2 Å². The Balaban J connectivity index is 1.58. The van der Waals surface area contributed by atoms with E-state index in [2.05, 4.69) is 15.1 Å². The van der Waals surface area contributed by atoms with Crippen molar-refractivity contribution < 1.29 is 9.32 Å². The van der Waals surface area contributed by atoms with Crippen LogP contribution in [0, 0.1) is 0 Å². The molecule has 24 heavy (non-hydrogen) atoms. The summed E-state index contributed by atoms with van der Waals surface area (Å²) in [5.41, 5.74) is 1.34. The lowest BCUT2D eigenvalue weighted by Crippen LogP contribution is -2.24. The molecule has 1 aliphatic rings. The number of para-hydroxylation sites is 1. The lowest BCUT2D eigenvalue weighted by atomic mass is 10.1. The van der Waals surface area contributed by atoms with Gasteiger partial charge in [-0.2, -0.15) is 4.98 Å². The predicted octanol–water partition coefficient (Wildman–Crippen LogP) is 3.31. The minimum atomic E-state index is -0.154. The maximum atomic E-state index is 12.4. The lowest BCUT2D eigenvalue weighted by molar-refractivity contribution is -0.117. The van der Waals surface area contributed by atoms with E-state index in [1.807, 2.05) is 36.4 Å². The molecule has 1 unspecified atom stereocenters. The van der Waals surface area contributed by atoms with Gasteiger partial charge < -0.3 is 9.42 Å². The molecule has 1 amide bonds. The summed E-state index contributed by atoms with van der Waals surface area (Å²) >= 11 is 6.19. The standard InChI is InChI=1S/C17H13ClN4O2/c18-12-5-1-2-7-14(12)22-10-11(9-15(22)23)17-20-16(21-24-17)13-6-3-4-8-19-13/h1-8,11H,9-10H2. The Labute approximate surface area is 143 Å². The van der Waals surface area contributed by atoms with E-state index in [1.165, 1.54) is 0 Å². The van der Waals surface area contributed by atoms with Crippen molar-refractivity contribution in [3.8, 4) is 11.5 Å². The quantitative estimate of drug-likeness (QED) is 0.731. The maximum absolute atomic E-state index is 12.4. The van der Waals surface area contributed by atoms with Crippen molar-refractivity contribution in [1.29, 1.82) is 0 Å². The highest BCUT2D eigenvalue weighted by Crippen LogP contribution is 2.34. The van der Waals surface area contributed by atoms with Crippen molar-refractivity contribution in [2.24, 2.45) is 0 Å². The average Bonchev–Trinajstić information content (AvgIpc) is 3.23. The second-order valence-corrected chi connectivity index (χ2v) is 5.94. The third-order valence-corrected chi connectivity index (χ3v) is 4.27. The fraction of sp³-hybridized carbons (Fsp3) is 0.176. The van der Waals surface area contributed by atoms with Crippen molar-refractivity contribution in [2.45, 2.75) is 12.3 Å². The van der Waals surface area contributed by atoms with Crippen LogP contribution in [0.1, 0.15) is 18.2 Å². The highest BCUT2D eigenvalue weighted by Gasteiger charge is 2.35. The second kappa shape index (κ2) is 6.05. The number of carbonyl (C=O) groups is 1. The van der Waals surface area contributed by atoms with Gasteiger partial charge in [-0.15, -0.1) is 0 Å². The molecule has 6 nitrogen and oxygen atoms in total. The van der Waals surface area contributed by atoms with Crippen LogP contribution in [0.5, 0.6) is 0 Å². The molecule has 0 aliphatic carbocycles. The van der Waals surface area contributed by atoms with Gasteiger partial charge >= 0.3 is 0 Å². The molecule has 0 radical (unpaired) electrons. The van der Waals surface area contributed by atoms with Gasteiger partial charge in [0.1, 0.15) is 5.69 Å². The molecule has 1 saturated heterocycles. The number of aromatic nitrogens is 3. The zero-order chi connectivity index (χ0) is 16.5. The fourth-order valence-corrected chi connectivity index (χ4v) is 3.01. The molecule has 0 bridgehead atoms. The number of amides is 1. The molecule has 1 aliphatic heterocycles. The van der Waals surface area contributed by atoms with Gasteiger partial charge in [-0.05, 0) is 24.3 Å². The number of nitrogens with zero attached hydrogens (tertiary/aromatic N) is 4. The molecule has 1 aromatic carbocycles. The number of anilines is 1. The predicted molar refractivity (Wildman–Crippen MR) is 88.7 cm³/mol. The van der Waals surface area contributed by atoms with E-state index in [0.717, 1.165) is 0 Å². The largest absolute Gasteiger partial charge is 0.339 e. The van der Waals surface area contributed by atoms with Crippen LogP contribution in [0.4, 0.5) is 5.69 Å². The van der Waals surface area contributed by atoms with Gasteiger partial charge in [0.05, 0.1) is 16.6 Å². The molecule has 7 heteroatoms. The fourth-order valence-electron chi connectivity index (χ4n) is 2.78. The van der Waals surface area contributed by atoms with Crippen LogP contribution in [-0.2, 0) is 4.79 Å². The van der Waals surface area contributed by atoms with Crippen molar-refractivity contribution in [3.05, 3.63) is 59.6 Å². The Morgan fingerprint density at radius 1 is 1.17 bits per heavy atom. The summed E-state index contributed by atoms with van der Waals surface area (Å²) in [6.45, 7) is 0.465. The summed E-state index contributed by atoms with van der Waals surface area (Å²) in [5.74, 6) is 0.706. The summed E-state index contributed by atoms with van der Waals surface area (Å²) in [7, 11) is 0. The first-order valence-corrected chi connectivity index (χ1v) is 7.90. The van der Waals surface area contributed by atoms with E-state index in [-0.39, 0.29) is 11.8 Å². The normalized spacial score (nSPS) is 17.5. The zero-order valence-corrected chi connectivity index (χ0v) is 13.3. The van der Waals surface area contributed by atoms with Crippen molar-refractivity contribution in [1.82, 2.24) is 15.1 Å². The van der Waals surface area contributed by atoms with Crippen molar-refractivity contribution in [2.75, 3.05) is 11.4 Å². The molecule has 3 aromatic rings. The molecule has 2 aromatic heterocycles. The van der Waals surface area contributed by atoms with Gasteiger partial charge in [-0.1, -0.05) is 35.0 Å². The molecule has 1 atom stereocenters. The van der Waals surface area contributed by atoms with Crippen molar-refractivity contribution >= 4 is 23.2 Å². The molecule has 0 spiro atoms. The Morgan fingerprint density at radius 2 is 2.00 bits per heavy atom. The summed E-state index contributed by atoms with van der Waals surface area (Å²) < 4.78 is 5.35. The topological polar surface area (TPSA) is 72.1 Å². The Morgan fingerprint density at radius 3 is 2.79 bits per heavy atom. The zero-order valence-electron chi connectivity index (χ0n) is 12.6. The minimum Gasteiger partial charge on any atom is -0.339 e. The molecule has 1 fully saturated rings.